The molecule has 4 heterocycles. The topological polar surface area (TPSA) is 119 Å². The minimum Gasteiger partial charge on any atom is -0.330 e. The lowest BCUT2D eigenvalue weighted by Gasteiger charge is -2.12. The summed E-state index contributed by atoms with van der Waals surface area (Å²) < 4.78 is 7.33. The highest BCUT2D eigenvalue weighted by atomic mass is 16.7. The van der Waals surface area contributed by atoms with Crippen LogP contribution in [0.3, 0.4) is 0 Å². The third-order valence-electron chi connectivity index (χ3n) is 7.15. The van der Waals surface area contributed by atoms with Crippen LogP contribution >= 0.6 is 0 Å². The predicted octanol–water partition coefficient (Wildman–Crippen LogP) is 5.07. The van der Waals surface area contributed by atoms with Gasteiger partial charge in [-0.05, 0) is 34.8 Å². The first kappa shape index (κ1) is 26.9. The molecule has 0 bridgehead atoms. The summed E-state index contributed by atoms with van der Waals surface area (Å²) >= 11 is 0. The maximum absolute atomic E-state index is 12.1. The smallest absolute Gasteiger partial charge is 0.330 e. The number of hydroxylamine groups is 2. The number of aryl methyl sites for hydroxylation is 1. The Morgan fingerprint density at radius 3 is 2.19 bits per heavy atom. The summed E-state index contributed by atoms with van der Waals surface area (Å²) in [6.45, 7) is 0.728. The number of carbonyl (C=O) groups is 3. The summed E-state index contributed by atoms with van der Waals surface area (Å²) in [7, 11) is 0. The molecule has 1 saturated heterocycles. The van der Waals surface area contributed by atoms with Crippen molar-refractivity contribution in [2.24, 2.45) is 0 Å². The molecule has 1 aliphatic rings. The van der Waals surface area contributed by atoms with E-state index in [4.69, 9.17) is 14.5 Å². The second-order valence-corrected chi connectivity index (χ2v) is 10.1. The van der Waals surface area contributed by atoms with Crippen molar-refractivity contribution < 1.29 is 28.4 Å². The van der Waals surface area contributed by atoms with Crippen molar-refractivity contribution in [3.8, 4) is 33.6 Å². The number of benzene rings is 2. The molecule has 1 aliphatic heterocycles. The van der Waals surface area contributed by atoms with Gasteiger partial charge in [-0.15, -0.1) is 5.06 Å². The van der Waals surface area contributed by atoms with Gasteiger partial charge in [0, 0.05) is 42.9 Å². The molecule has 0 unspecified atom stereocenters. The van der Waals surface area contributed by atoms with E-state index < -0.39 is 17.8 Å². The van der Waals surface area contributed by atoms with Gasteiger partial charge in [0.15, 0.2) is 17.9 Å². The molecule has 0 N–H and O–H groups in total. The number of nitrogens with zero attached hydrogens (tertiary/aromatic N) is 5. The van der Waals surface area contributed by atoms with E-state index in [2.05, 4.69) is 21.1 Å². The predicted molar refractivity (Wildman–Crippen MR) is 152 cm³/mol. The highest BCUT2D eigenvalue weighted by Gasteiger charge is 2.32. The fraction of sp³-hybridized carbons (Fsp3) is 0.219. The lowest BCUT2D eigenvalue weighted by Crippen LogP contribution is -2.33. The largest absolute Gasteiger partial charge is 0.333 e. The molecule has 0 radical (unpaired) electrons. The van der Waals surface area contributed by atoms with Crippen molar-refractivity contribution in [3.05, 3.63) is 85.2 Å². The van der Waals surface area contributed by atoms with Crippen molar-refractivity contribution in [3.63, 3.8) is 0 Å². The first-order valence-corrected chi connectivity index (χ1v) is 13.9. The highest BCUT2D eigenvalue weighted by molar-refractivity contribution is 6.04. The number of imide groups is 1. The standard InChI is InChI=1S/C32H28N5O5/c38-25-17-18-26(39)37(25)41-27(40)16-8-3-9-19-36-20-10-15-24(21-36)29-28(22-11-4-1-5-12-22)31-32(35-42-34-31)30(33-29)23-13-6-2-7-14-23/h1-2,4-7,10-15,20-21H,3,8-9,16-19H2/q+1. The molecule has 2 aromatic carbocycles. The van der Waals surface area contributed by atoms with Crippen LogP contribution in [-0.4, -0.2) is 38.1 Å². The number of pyridine rings is 2. The second-order valence-electron chi connectivity index (χ2n) is 10.1. The fourth-order valence-electron chi connectivity index (χ4n) is 5.07. The van der Waals surface area contributed by atoms with Gasteiger partial charge in [0.05, 0.1) is 11.3 Å². The second kappa shape index (κ2) is 12.1. The third kappa shape index (κ3) is 5.64. The molecule has 42 heavy (non-hydrogen) atoms. The van der Waals surface area contributed by atoms with Crippen LogP contribution < -0.4 is 4.57 Å². The van der Waals surface area contributed by atoms with Crippen LogP contribution in [-0.2, 0) is 25.8 Å². The van der Waals surface area contributed by atoms with Gasteiger partial charge in [-0.25, -0.2) is 19.0 Å². The number of hydrogen-bond donors (Lipinski definition) is 0. The SMILES string of the molecule is O=C(CCCCC[n+]1cccc(-c2nc(-c3ccccc3)c3nonc3c2-c2ccccc2)c1)ON1C(=O)CCC1=O. The van der Waals surface area contributed by atoms with Gasteiger partial charge in [0.1, 0.15) is 17.8 Å². The summed E-state index contributed by atoms with van der Waals surface area (Å²) in [5.41, 5.74) is 6.35. The number of aromatic nitrogens is 4. The maximum Gasteiger partial charge on any atom is 0.333 e. The van der Waals surface area contributed by atoms with Gasteiger partial charge in [-0.3, -0.25) is 9.59 Å². The Morgan fingerprint density at radius 1 is 0.786 bits per heavy atom. The molecule has 0 saturated carbocycles. The van der Waals surface area contributed by atoms with Gasteiger partial charge >= 0.3 is 5.97 Å². The van der Waals surface area contributed by atoms with E-state index in [0.29, 0.717) is 28.2 Å². The van der Waals surface area contributed by atoms with Crippen molar-refractivity contribution in [2.45, 2.75) is 45.1 Å². The van der Waals surface area contributed by atoms with Crippen LogP contribution in [0.25, 0.3) is 44.7 Å². The lowest BCUT2D eigenvalue weighted by molar-refractivity contribution is -0.696. The van der Waals surface area contributed by atoms with Gasteiger partial charge in [0.2, 0.25) is 0 Å². The normalized spacial score (nSPS) is 13.2. The first-order chi connectivity index (χ1) is 20.6. The van der Waals surface area contributed by atoms with E-state index in [0.717, 1.165) is 47.3 Å². The molecule has 10 heteroatoms. The molecule has 3 aromatic heterocycles. The molecular weight excluding hydrogens is 534 g/mol. The average molecular weight is 563 g/mol. The quantitative estimate of drug-likeness (QED) is 0.131. The third-order valence-corrected chi connectivity index (χ3v) is 7.15. The zero-order valence-electron chi connectivity index (χ0n) is 22.8. The number of hydrogen-bond acceptors (Lipinski definition) is 8. The van der Waals surface area contributed by atoms with E-state index in [1.54, 1.807) is 0 Å². The van der Waals surface area contributed by atoms with E-state index >= 15 is 0 Å². The number of unbranched alkanes of at least 4 members (excludes halogenated alkanes) is 2. The molecule has 6 rings (SSSR count). The maximum atomic E-state index is 12.1. The Hall–Kier alpha value is -5.25. The van der Waals surface area contributed by atoms with Crippen LogP contribution in [0.15, 0.2) is 89.8 Å². The van der Waals surface area contributed by atoms with Crippen molar-refractivity contribution in [1.82, 2.24) is 20.4 Å². The van der Waals surface area contributed by atoms with Crippen LogP contribution in [0.1, 0.15) is 38.5 Å². The van der Waals surface area contributed by atoms with Gasteiger partial charge in [0.25, 0.3) is 11.8 Å². The lowest BCUT2D eigenvalue weighted by atomic mass is 9.96. The first-order valence-electron chi connectivity index (χ1n) is 13.9. The van der Waals surface area contributed by atoms with E-state index in [-0.39, 0.29) is 19.3 Å². The molecule has 0 atom stereocenters. The molecule has 10 nitrogen and oxygen atoms in total. The number of rotatable bonds is 10. The van der Waals surface area contributed by atoms with Crippen molar-refractivity contribution in [2.75, 3.05) is 0 Å². The molecule has 210 valence electrons. The van der Waals surface area contributed by atoms with E-state index in [9.17, 15) is 14.4 Å². The fourth-order valence-corrected chi connectivity index (χ4v) is 5.07. The molecule has 2 amide bonds. The van der Waals surface area contributed by atoms with Crippen LogP contribution in [0, 0.1) is 0 Å². The number of carbonyl (C=O) groups excluding carboxylic acids is 3. The highest BCUT2D eigenvalue weighted by Crippen LogP contribution is 2.39. The van der Waals surface area contributed by atoms with Crippen molar-refractivity contribution in [1.29, 1.82) is 0 Å². The van der Waals surface area contributed by atoms with E-state index in [1.165, 1.54) is 0 Å². The Labute approximate surface area is 241 Å². The minimum absolute atomic E-state index is 0.0850. The van der Waals surface area contributed by atoms with E-state index in [1.807, 2.05) is 79.0 Å². The Kier molecular flexibility index (Phi) is 7.76. The monoisotopic (exact) mass is 562 g/mol. The zero-order valence-corrected chi connectivity index (χ0v) is 22.8. The minimum atomic E-state index is -0.570. The number of amides is 2. The zero-order chi connectivity index (χ0) is 28.9. The Bertz CT molecular complexity index is 1740. The molecular formula is C32H28N5O5+. The summed E-state index contributed by atoms with van der Waals surface area (Å²) in [5.74, 6) is -1.51. The Balaban J connectivity index is 1.21. The molecule has 5 aromatic rings. The summed E-state index contributed by atoms with van der Waals surface area (Å²) in [6.07, 6.45) is 6.55. The summed E-state index contributed by atoms with van der Waals surface area (Å²) in [5, 5.41) is 9.11. The van der Waals surface area contributed by atoms with Gasteiger partial charge in [-0.1, -0.05) is 60.7 Å². The molecule has 0 spiro atoms. The van der Waals surface area contributed by atoms with Gasteiger partial charge < -0.3 is 4.84 Å². The Morgan fingerprint density at radius 2 is 1.45 bits per heavy atom. The van der Waals surface area contributed by atoms with Crippen molar-refractivity contribution >= 4 is 28.8 Å². The van der Waals surface area contributed by atoms with Gasteiger partial charge in [-0.2, -0.15) is 0 Å². The number of fused-ring (bicyclic) bond motifs is 1. The van der Waals surface area contributed by atoms with Crippen LogP contribution in [0.4, 0.5) is 0 Å². The molecule has 1 fully saturated rings. The van der Waals surface area contributed by atoms with Crippen LogP contribution in [0.2, 0.25) is 0 Å². The van der Waals surface area contributed by atoms with Crippen LogP contribution in [0.5, 0.6) is 0 Å². The molecule has 0 aliphatic carbocycles. The average Bonchev–Trinajstić information content (AvgIpc) is 3.64. The summed E-state index contributed by atoms with van der Waals surface area (Å²) in [6, 6.07) is 23.8. The summed E-state index contributed by atoms with van der Waals surface area (Å²) in [4.78, 5) is 45.4.